The van der Waals surface area contributed by atoms with Crippen molar-refractivity contribution in [3.8, 4) is 0 Å². The minimum atomic E-state index is -0.346. The molecule has 0 aromatic heterocycles. The Morgan fingerprint density at radius 2 is 1.91 bits per heavy atom. The highest BCUT2D eigenvalue weighted by Crippen LogP contribution is 2.27. The maximum Gasteiger partial charge on any atom is 0.241 e. The van der Waals surface area contributed by atoms with Gasteiger partial charge in [0.1, 0.15) is 0 Å². The van der Waals surface area contributed by atoms with Crippen LogP contribution in [0.25, 0.3) is 0 Å². The molecule has 1 aromatic carbocycles. The molecular formula is C18H30N2O2. The zero-order valence-corrected chi connectivity index (χ0v) is 14.7. The van der Waals surface area contributed by atoms with E-state index in [2.05, 4.69) is 25.2 Å². The number of aliphatic hydroxyl groups excluding tert-OH is 1. The Hall–Kier alpha value is -1.39. The molecule has 4 heteroatoms. The van der Waals surface area contributed by atoms with E-state index < -0.39 is 0 Å². The van der Waals surface area contributed by atoms with Crippen LogP contribution in [0.1, 0.15) is 51.2 Å². The highest BCUT2D eigenvalue weighted by Gasteiger charge is 2.20. The summed E-state index contributed by atoms with van der Waals surface area (Å²) < 4.78 is 0. The summed E-state index contributed by atoms with van der Waals surface area (Å²) in [6, 6.07) is 5.87. The third-order valence-corrected chi connectivity index (χ3v) is 4.12. The number of aliphatic hydroxyl groups is 1. The summed E-state index contributed by atoms with van der Waals surface area (Å²) in [6.07, 6.45) is 0.317. The van der Waals surface area contributed by atoms with Gasteiger partial charge in [0.25, 0.3) is 0 Å². The predicted molar refractivity (Wildman–Crippen MR) is 92.3 cm³/mol. The average Bonchev–Trinajstić information content (AvgIpc) is 2.45. The van der Waals surface area contributed by atoms with Gasteiger partial charge in [-0.05, 0) is 51.3 Å². The third kappa shape index (κ3) is 5.11. The molecule has 0 aliphatic rings. The molecule has 0 saturated carbocycles. The number of para-hydroxylation sites is 1. The number of carbonyl (C=O) groups excluding carboxylic acids is 1. The largest absolute Gasteiger partial charge is 0.393 e. The SMILES string of the molecule is Cc1cccc(C(C)C)c1NC(=O)C(C)N(C)CCC(C)O. The van der Waals surface area contributed by atoms with E-state index in [4.69, 9.17) is 0 Å². The maximum absolute atomic E-state index is 12.5. The first-order chi connectivity index (χ1) is 10.2. The van der Waals surface area contributed by atoms with Gasteiger partial charge in [-0.25, -0.2) is 0 Å². The average molecular weight is 306 g/mol. The van der Waals surface area contributed by atoms with Gasteiger partial charge in [-0.1, -0.05) is 32.0 Å². The minimum Gasteiger partial charge on any atom is -0.393 e. The van der Waals surface area contributed by atoms with Crippen molar-refractivity contribution in [3.63, 3.8) is 0 Å². The number of anilines is 1. The predicted octanol–water partition coefficient (Wildman–Crippen LogP) is 3.15. The summed E-state index contributed by atoms with van der Waals surface area (Å²) in [5.74, 6) is 0.350. The molecule has 1 amide bonds. The number of benzene rings is 1. The van der Waals surface area contributed by atoms with Crippen LogP contribution in [0.4, 0.5) is 5.69 Å². The van der Waals surface area contributed by atoms with E-state index >= 15 is 0 Å². The maximum atomic E-state index is 12.5. The molecular weight excluding hydrogens is 276 g/mol. The number of carbonyl (C=O) groups is 1. The van der Waals surface area contributed by atoms with Crippen LogP contribution in [0.3, 0.4) is 0 Å². The molecule has 0 fully saturated rings. The zero-order chi connectivity index (χ0) is 16.9. The van der Waals surface area contributed by atoms with Gasteiger partial charge in [0.15, 0.2) is 0 Å². The molecule has 2 N–H and O–H groups in total. The van der Waals surface area contributed by atoms with Crippen molar-refractivity contribution in [2.24, 2.45) is 0 Å². The van der Waals surface area contributed by atoms with Crippen molar-refractivity contribution >= 4 is 11.6 Å². The van der Waals surface area contributed by atoms with Gasteiger partial charge in [0, 0.05) is 12.2 Å². The molecule has 22 heavy (non-hydrogen) atoms. The van der Waals surface area contributed by atoms with Crippen molar-refractivity contribution in [2.45, 2.75) is 59.1 Å². The Morgan fingerprint density at radius 3 is 2.45 bits per heavy atom. The van der Waals surface area contributed by atoms with E-state index in [0.717, 1.165) is 16.8 Å². The van der Waals surface area contributed by atoms with Crippen molar-refractivity contribution in [1.82, 2.24) is 4.90 Å². The second-order valence-corrected chi connectivity index (χ2v) is 6.48. The zero-order valence-electron chi connectivity index (χ0n) is 14.7. The van der Waals surface area contributed by atoms with Crippen molar-refractivity contribution < 1.29 is 9.90 Å². The molecule has 2 atom stereocenters. The minimum absolute atomic E-state index is 0.00991. The fourth-order valence-corrected chi connectivity index (χ4v) is 2.35. The summed E-state index contributed by atoms with van der Waals surface area (Å²) in [7, 11) is 1.91. The summed E-state index contributed by atoms with van der Waals surface area (Å²) in [5, 5.41) is 12.4. The first-order valence-corrected chi connectivity index (χ1v) is 8.02. The number of nitrogens with zero attached hydrogens (tertiary/aromatic N) is 1. The van der Waals surface area contributed by atoms with E-state index in [1.807, 2.05) is 37.9 Å². The number of hydrogen-bond donors (Lipinski definition) is 2. The Kier molecular flexibility index (Phi) is 7.04. The fraction of sp³-hybridized carbons (Fsp3) is 0.611. The molecule has 4 nitrogen and oxygen atoms in total. The van der Waals surface area contributed by atoms with Crippen LogP contribution < -0.4 is 5.32 Å². The molecule has 0 radical (unpaired) electrons. The molecule has 0 aliphatic carbocycles. The Morgan fingerprint density at radius 1 is 1.27 bits per heavy atom. The number of nitrogens with one attached hydrogen (secondary N) is 1. The molecule has 0 spiro atoms. The number of hydrogen-bond acceptors (Lipinski definition) is 3. The molecule has 0 aliphatic heterocycles. The number of rotatable bonds is 7. The lowest BCUT2D eigenvalue weighted by Gasteiger charge is -2.25. The summed E-state index contributed by atoms with van der Waals surface area (Å²) >= 11 is 0. The van der Waals surface area contributed by atoms with Crippen molar-refractivity contribution in [3.05, 3.63) is 29.3 Å². The lowest BCUT2D eigenvalue weighted by molar-refractivity contribution is -0.120. The van der Waals surface area contributed by atoms with E-state index in [9.17, 15) is 9.90 Å². The van der Waals surface area contributed by atoms with Crippen LogP contribution >= 0.6 is 0 Å². The van der Waals surface area contributed by atoms with Crippen molar-refractivity contribution in [1.29, 1.82) is 0 Å². The van der Waals surface area contributed by atoms with Crippen LogP contribution in [-0.2, 0) is 4.79 Å². The van der Waals surface area contributed by atoms with Gasteiger partial charge in [0.2, 0.25) is 5.91 Å². The molecule has 1 aromatic rings. The number of aryl methyl sites for hydroxylation is 1. The normalized spacial score (nSPS) is 14.2. The first kappa shape index (κ1) is 18.7. The molecule has 2 unspecified atom stereocenters. The Labute approximate surface area is 134 Å². The third-order valence-electron chi connectivity index (χ3n) is 4.12. The Bertz CT molecular complexity index is 498. The summed E-state index contributed by atoms with van der Waals surface area (Å²) in [6.45, 7) is 10.6. The fourth-order valence-electron chi connectivity index (χ4n) is 2.35. The van der Waals surface area contributed by atoms with Crippen LogP contribution in [-0.4, -0.2) is 41.7 Å². The molecule has 124 valence electrons. The van der Waals surface area contributed by atoms with Gasteiger partial charge < -0.3 is 10.4 Å². The smallest absolute Gasteiger partial charge is 0.241 e. The van der Waals surface area contributed by atoms with Gasteiger partial charge in [-0.15, -0.1) is 0 Å². The van der Waals surface area contributed by atoms with E-state index in [-0.39, 0.29) is 18.1 Å². The van der Waals surface area contributed by atoms with Crippen LogP contribution in [0, 0.1) is 6.92 Å². The highest BCUT2D eigenvalue weighted by atomic mass is 16.3. The Balaban J connectivity index is 2.80. The number of amides is 1. The summed E-state index contributed by atoms with van der Waals surface area (Å²) in [4.78, 5) is 14.5. The first-order valence-electron chi connectivity index (χ1n) is 8.02. The van der Waals surface area contributed by atoms with Crippen LogP contribution in [0.15, 0.2) is 18.2 Å². The van der Waals surface area contributed by atoms with Gasteiger partial charge >= 0.3 is 0 Å². The topological polar surface area (TPSA) is 52.6 Å². The molecule has 1 rings (SSSR count). The quantitative estimate of drug-likeness (QED) is 0.813. The second-order valence-electron chi connectivity index (χ2n) is 6.48. The second kappa shape index (κ2) is 8.30. The van der Waals surface area contributed by atoms with Gasteiger partial charge in [-0.3, -0.25) is 9.69 Å². The number of likely N-dealkylation sites (N-methyl/N-ethyl adjacent to an activating group) is 1. The monoisotopic (exact) mass is 306 g/mol. The van der Waals surface area contributed by atoms with Crippen LogP contribution in [0.5, 0.6) is 0 Å². The lowest BCUT2D eigenvalue weighted by Crippen LogP contribution is -2.41. The van der Waals surface area contributed by atoms with Gasteiger partial charge in [-0.2, -0.15) is 0 Å². The van der Waals surface area contributed by atoms with E-state index in [1.165, 1.54) is 0 Å². The van der Waals surface area contributed by atoms with Gasteiger partial charge in [0.05, 0.1) is 12.1 Å². The lowest BCUT2D eigenvalue weighted by atomic mass is 9.98. The van der Waals surface area contributed by atoms with Crippen molar-refractivity contribution in [2.75, 3.05) is 18.9 Å². The molecule has 0 heterocycles. The molecule has 0 bridgehead atoms. The standard InChI is InChI=1S/C18H30N2O2/c1-12(2)16-9-7-8-13(3)17(16)19-18(22)15(5)20(6)11-10-14(4)21/h7-9,12,14-15,21H,10-11H2,1-6H3,(H,19,22). The summed E-state index contributed by atoms with van der Waals surface area (Å²) in [5.41, 5.74) is 3.17. The highest BCUT2D eigenvalue weighted by molar-refractivity contribution is 5.96. The van der Waals surface area contributed by atoms with E-state index in [1.54, 1.807) is 6.92 Å². The van der Waals surface area contributed by atoms with Crippen LogP contribution in [0.2, 0.25) is 0 Å². The molecule has 0 saturated heterocycles. The van der Waals surface area contributed by atoms with E-state index in [0.29, 0.717) is 18.9 Å².